The molecule has 2 bridgehead atoms. The van der Waals surface area contributed by atoms with Crippen LogP contribution in [0.15, 0.2) is 12.2 Å². The van der Waals surface area contributed by atoms with Crippen molar-refractivity contribution in [3.63, 3.8) is 0 Å². The van der Waals surface area contributed by atoms with Gasteiger partial charge in [-0.25, -0.2) is 0 Å². The van der Waals surface area contributed by atoms with E-state index in [1.165, 1.54) is 6.42 Å². The minimum atomic E-state index is -0.0451. The van der Waals surface area contributed by atoms with Crippen LogP contribution in [0, 0.1) is 17.8 Å². The number of carbonyl (C=O) groups excluding carboxylic acids is 1. The summed E-state index contributed by atoms with van der Waals surface area (Å²) in [6.07, 6.45) is 7.77. The van der Waals surface area contributed by atoms with Gasteiger partial charge in [-0.1, -0.05) is 12.2 Å². The molecule has 0 aromatic carbocycles. The summed E-state index contributed by atoms with van der Waals surface area (Å²) < 4.78 is 0. The lowest BCUT2D eigenvalue weighted by Gasteiger charge is -2.49. The molecule has 2 heterocycles. The van der Waals surface area contributed by atoms with Crippen LogP contribution in [0.25, 0.3) is 0 Å². The van der Waals surface area contributed by atoms with E-state index in [1.807, 2.05) is 0 Å². The molecule has 2 aliphatic heterocycles. The van der Waals surface area contributed by atoms with Crippen LogP contribution in [-0.2, 0) is 4.79 Å². The summed E-state index contributed by atoms with van der Waals surface area (Å²) in [7, 11) is 0. The van der Waals surface area contributed by atoms with Crippen LogP contribution in [0.2, 0.25) is 0 Å². The molecule has 1 amide bonds. The average Bonchev–Trinajstić information content (AvgIpc) is 2.91. The predicted octanol–water partition coefficient (Wildman–Crippen LogP) is 1.12. The van der Waals surface area contributed by atoms with Crippen molar-refractivity contribution < 1.29 is 4.79 Å². The molecule has 3 nitrogen and oxygen atoms in total. The summed E-state index contributed by atoms with van der Waals surface area (Å²) in [5.41, 5.74) is -0.0451. The Kier molecular flexibility index (Phi) is 1.56. The number of hydrogen-bond donors (Lipinski definition) is 1. The largest absolute Gasteiger partial charge is 0.324 e. The highest BCUT2D eigenvalue weighted by Crippen LogP contribution is 2.48. The molecule has 0 radical (unpaired) electrons. The van der Waals surface area contributed by atoms with Crippen LogP contribution in [0.3, 0.4) is 0 Å². The van der Waals surface area contributed by atoms with E-state index in [0.29, 0.717) is 17.9 Å². The van der Waals surface area contributed by atoms with Crippen molar-refractivity contribution in [3.05, 3.63) is 12.2 Å². The smallest absolute Gasteiger partial charge is 0.224 e. The topological polar surface area (TPSA) is 32.3 Å². The molecule has 0 aromatic rings. The third-order valence-electron chi connectivity index (χ3n) is 5.22. The van der Waals surface area contributed by atoms with E-state index in [9.17, 15) is 4.79 Å². The zero-order valence-corrected chi connectivity index (χ0v) is 9.65. The lowest BCUT2D eigenvalue weighted by molar-refractivity contribution is -0.135. The molecule has 1 N–H and O–H groups in total. The Morgan fingerprint density at radius 3 is 3.12 bits per heavy atom. The van der Waals surface area contributed by atoms with Crippen molar-refractivity contribution in [2.75, 3.05) is 6.54 Å². The number of nitrogens with zero attached hydrogens (tertiary/aromatic N) is 1. The molecule has 5 atom stereocenters. The van der Waals surface area contributed by atoms with Crippen molar-refractivity contribution in [1.82, 2.24) is 10.2 Å². The Balaban J connectivity index is 1.70. The molecule has 2 saturated heterocycles. The summed E-state index contributed by atoms with van der Waals surface area (Å²) in [5.74, 6) is 2.47. The molecule has 0 aromatic heterocycles. The van der Waals surface area contributed by atoms with Gasteiger partial charge in [-0.15, -0.1) is 0 Å². The quantitative estimate of drug-likeness (QED) is 0.618. The van der Waals surface area contributed by atoms with Gasteiger partial charge in [0.25, 0.3) is 0 Å². The number of carbonyl (C=O) groups is 1. The van der Waals surface area contributed by atoms with Crippen molar-refractivity contribution in [3.8, 4) is 0 Å². The van der Waals surface area contributed by atoms with Crippen LogP contribution in [0.1, 0.15) is 26.2 Å². The highest BCUT2D eigenvalue weighted by molar-refractivity contribution is 5.79. The molecule has 1 saturated carbocycles. The van der Waals surface area contributed by atoms with Gasteiger partial charge in [-0.2, -0.15) is 0 Å². The zero-order chi connectivity index (χ0) is 10.9. The second kappa shape index (κ2) is 2.70. The summed E-state index contributed by atoms with van der Waals surface area (Å²) in [6, 6.07) is 0.627. The van der Waals surface area contributed by atoms with Gasteiger partial charge in [0.15, 0.2) is 0 Å². The molecule has 4 rings (SSSR count). The van der Waals surface area contributed by atoms with E-state index in [2.05, 4.69) is 29.3 Å². The maximum atomic E-state index is 11.9. The first-order valence-electron chi connectivity index (χ1n) is 6.44. The minimum absolute atomic E-state index is 0.0451. The first kappa shape index (κ1) is 9.23. The third kappa shape index (κ3) is 0.956. The fraction of sp³-hybridized carbons (Fsp3) is 0.769. The normalized spacial score (nSPS) is 53.3. The first-order valence-corrected chi connectivity index (χ1v) is 6.44. The van der Waals surface area contributed by atoms with Gasteiger partial charge in [-0.05, 0) is 37.5 Å². The van der Waals surface area contributed by atoms with Crippen LogP contribution in [0.5, 0.6) is 0 Å². The lowest BCUT2D eigenvalue weighted by Crippen LogP contribution is -2.66. The monoisotopic (exact) mass is 218 g/mol. The second-order valence-electron chi connectivity index (χ2n) is 6.06. The minimum Gasteiger partial charge on any atom is -0.324 e. The summed E-state index contributed by atoms with van der Waals surface area (Å²) >= 11 is 0. The Hall–Kier alpha value is -0.830. The molecular formula is C13H18N2O. The number of allylic oxidation sites excluding steroid dienone is 1. The Morgan fingerprint density at radius 1 is 1.44 bits per heavy atom. The molecule has 3 fully saturated rings. The van der Waals surface area contributed by atoms with Crippen molar-refractivity contribution >= 4 is 5.91 Å². The van der Waals surface area contributed by atoms with E-state index in [0.717, 1.165) is 31.2 Å². The number of amides is 1. The Labute approximate surface area is 95.9 Å². The van der Waals surface area contributed by atoms with E-state index >= 15 is 0 Å². The molecule has 86 valence electrons. The highest BCUT2D eigenvalue weighted by atomic mass is 16.2. The number of rotatable bonds is 0. The molecule has 3 heteroatoms. The van der Waals surface area contributed by atoms with Gasteiger partial charge in [0, 0.05) is 19.0 Å². The van der Waals surface area contributed by atoms with E-state index in [4.69, 9.17) is 0 Å². The SMILES string of the molecule is C[C@@]12CCC(=O)N1C[C@@H]1[C@H](N2)[C@H]2C=C[C@@H]1C2. The fourth-order valence-electron chi connectivity index (χ4n) is 4.31. The average molecular weight is 218 g/mol. The summed E-state index contributed by atoms with van der Waals surface area (Å²) in [4.78, 5) is 14.0. The van der Waals surface area contributed by atoms with Crippen molar-refractivity contribution in [1.29, 1.82) is 0 Å². The van der Waals surface area contributed by atoms with Crippen LogP contribution in [-0.4, -0.2) is 29.1 Å². The molecule has 0 spiro atoms. The van der Waals surface area contributed by atoms with Crippen LogP contribution >= 0.6 is 0 Å². The van der Waals surface area contributed by atoms with Crippen LogP contribution < -0.4 is 5.32 Å². The highest BCUT2D eigenvalue weighted by Gasteiger charge is 2.55. The van der Waals surface area contributed by atoms with E-state index in [1.54, 1.807) is 0 Å². The third-order valence-corrected chi connectivity index (χ3v) is 5.22. The number of fused-ring (bicyclic) bond motifs is 6. The second-order valence-corrected chi connectivity index (χ2v) is 6.06. The molecule has 4 aliphatic rings. The molecule has 2 aliphatic carbocycles. The summed E-state index contributed by atoms with van der Waals surface area (Å²) in [6.45, 7) is 3.18. The standard InChI is InChI=1S/C13H18N2O/c1-13-5-4-11(16)15(13)7-10-8-2-3-9(6-8)12(10)14-13/h2-3,8-10,12,14H,4-7H2,1H3/t8-,9+,10+,12-,13+/m1/s1. The summed E-state index contributed by atoms with van der Waals surface area (Å²) in [5, 5.41) is 3.77. The van der Waals surface area contributed by atoms with Gasteiger partial charge < -0.3 is 4.90 Å². The number of nitrogens with one attached hydrogen (secondary N) is 1. The Morgan fingerprint density at radius 2 is 2.25 bits per heavy atom. The maximum absolute atomic E-state index is 11.9. The van der Waals surface area contributed by atoms with Crippen molar-refractivity contribution in [2.45, 2.75) is 37.9 Å². The van der Waals surface area contributed by atoms with Gasteiger partial charge in [0.1, 0.15) is 0 Å². The van der Waals surface area contributed by atoms with Gasteiger partial charge in [0.05, 0.1) is 5.66 Å². The van der Waals surface area contributed by atoms with Gasteiger partial charge in [-0.3, -0.25) is 10.1 Å². The van der Waals surface area contributed by atoms with E-state index in [-0.39, 0.29) is 5.66 Å². The van der Waals surface area contributed by atoms with Crippen LogP contribution in [0.4, 0.5) is 0 Å². The molecule has 16 heavy (non-hydrogen) atoms. The Bertz CT molecular complexity index is 391. The lowest BCUT2D eigenvalue weighted by atomic mass is 9.84. The van der Waals surface area contributed by atoms with Gasteiger partial charge >= 0.3 is 0 Å². The predicted molar refractivity (Wildman–Crippen MR) is 60.5 cm³/mol. The van der Waals surface area contributed by atoms with Gasteiger partial charge in [0.2, 0.25) is 5.91 Å². The fourth-order valence-corrected chi connectivity index (χ4v) is 4.31. The van der Waals surface area contributed by atoms with E-state index < -0.39 is 0 Å². The molecule has 0 unspecified atom stereocenters. The molecular weight excluding hydrogens is 200 g/mol. The first-order chi connectivity index (χ1) is 7.67. The number of hydrogen-bond acceptors (Lipinski definition) is 2. The zero-order valence-electron chi connectivity index (χ0n) is 9.65. The maximum Gasteiger partial charge on any atom is 0.224 e. The van der Waals surface area contributed by atoms with Crippen molar-refractivity contribution in [2.24, 2.45) is 17.8 Å².